The number of unbranched alkanes of at least 4 members (excludes halogenated alkanes) is 24. The Balaban J connectivity index is 2.72. The summed E-state index contributed by atoms with van der Waals surface area (Å²) in [7, 11) is 0. The second-order valence-corrected chi connectivity index (χ2v) is 18.8. The molecule has 1 heterocycles. The zero-order valence-corrected chi connectivity index (χ0v) is 43.6. The number of esters is 3. The van der Waals surface area contributed by atoms with Crippen LogP contribution in [0.2, 0.25) is 0 Å². The molecular weight excluding hydrogens is 877 g/mol. The largest absolute Gasteiger partial charge is 0.479 e. The van der Waals surface area contributed by atoms with E-state index < -0.39 is 67.3 Å². The second kappa shape index (κ2) is 45.8. The van der Waals surface area contributed by atoms with Crippen LogP contribution >= 0.6 is 0 Å². The number of carboxylic acid groups (broad SMARTS) is 1. The van der Waals surface area contributed by atoms with Crippen LogP contribution in [-0.4, -0.2) is 89.2 Å². The van der Waals surface area contributed by atoms with Crippen LogP contribution in [0.15, 0.2) is 48.6 Å². The highest BCUT2D eigenvalue weighted by atomic mass is 16.7. The first kappa shape index (κ1) is 63.7. The molecule has 1 fully saturated rings. The molecule has 0 aromatic rings. The summed E-state index contributed by atoms with van der Waals surface area (Å²) in [6.45, 7) is 5.83. The molecule has 1 aliphatic rings. The predicted octanol–water partition coefficient (Wildman–Crippen LogP) is 13.4. The molecule has 6 atom stereocenters. The molecule has 0 aliphatic carbocycles. The molecule has 1 rings (SSSR count). The summed E-state index contributed by atoms with van der Waals surface area (Å²) in [6.07, 6.45) is 40.9. The molecule has 69 heavy (non-hydrogen) atoms. The van der Waals surface area contributed by atoms with Gasteiger partial charge in [0.1, 0.15) is 18.8 Å². The van der Waals surface area contributed by atoms with Crippen LogP contribution in [-0.2, 0) is 42.9 Å². The van der Waals surface area contributed by atoms with Gasteiger partial charge in [-0.2, -0.15) is 0 Å². The van der Waals surface area contributed by atoms with Crippen molar-refractivity contribution in [2.24, 2.45) is 0 Å². The maximum Gasteiger partial charge on any atom is 0.335 e. The van der Waals surface area contributed by atoms with Crippen molar-refractivity contribution >= 4 is 23.9 Å². The third-order valence-corrected chi connectivity index (χ3v) is 12.4. The van der Waals surface area contributed by atoms with E-state index in [-0.39, 0.29) is 25.9 Å². The molecule has 3 N–H and O–H groups in total. The number of carbonyl (C=O) groups excluding carboxylic acids is 3. The summed E-state index contributed by atoms with van der Waals surface area (Å²) in [6, 6.07) is 0. The Morgan fingerprint density at radius 2 is 0.913 bits per heavy atom. The maximum absolute atomic E-state index is 13.1. The Kier molecular flexibility index (Phi) is 42.3. The first-order chi connectivity index (χ1) is 33.6. The smallest absolute Gasteiger partial charge is 0.335 e. The van der Waals surface area contributed by atoms with Crippen LogP contribution in [0, 0.1) is 0 Å². The predicted molar refractivity (Wildman–Crippen MR) is 276 cm³/mol. The molecule has 0 amide bonds. The Morgan fingerprint density at radius 3 is 1.42 bits per heavy atom. The van der Waals surface area contributed by atoms with Gasteiger partial charge in [-0.25, -0.2) is 4.79 Å². The van der Waals surface area contributed by atoms with E-state index in [9.17, 15) is 34.5 Å². The zero-order chi connectivity index (χ0) is 50.4. The lowest BCUT2D eigenvalue weighted by molar-refractivity contribution is -0.301. The molecule has 1 aliphatic heterocycles. The van der Waals surface area contributed by atoms with Crippen LogP contribution in [0.25, 0.3) is 0 Å². The molecule has 0 aromatic heterocycles. The average molecular weight is 975 g/mol. The average Bonchev–Trinajstić information content (AvgIpc) is 3.33. The molecule has 12 heteroatoms. The van der Waals surface area contributed by atoms with Crippen molar-refractivity contribution in [2.45, 2.75) is 276 Å². The molecule has 0 aromatic carbocycles. The molecule has 1 saturated heterocycles. The van der Waals surface area contributed by atoms with Crippen LogP contribution in [0.3, 0.4) is 0 Å². The highest BCUT2D eigenvalue weighted by Gasteiger charge is 2.50. The van der Waals surface area contributed by atoms with Gasteiger partial charge in [0, 0.05) is 19.3 Å². The molecule has 0 radical (unpaired) electrons. The van der Waals surface area contributed by atoms with Crippen LogP contribution in [0.4, 0.5) is 0 Å². The molecule has 0 spiro atoms. The molecule has 0 bridgehead atoms. The van der Waals surface area contributed by atoms with E-state index >= 15 is 0 Å². The summed E-state index contributed by atoms with van der Waals surface area (Å²) in [4.78, 5) is 50.9. The minimum Gasteiger partial charge on any atom is -0.479 e. The number of hydrogen-bond acceptors (Lipinski definition) is 11. The van der Waals surface area contributed by atoms with Crippen molar-refractivity contribution in [1.82, 2.24) is 0 Å². The summed E-state index contributed by atoms with van der Waals surface area (Å²) in [5.41, 5.74) is 0. The van der Waals surface area contributed by atoms with Gasteiger partial charge in [0.15, 0.2) is 24.6 Å². The zero-order valence-electron chi connectivity index (χ0n) is 43.6. The van der Waals surface area contributed by atoms with Gasteiger partial charge in [-0.3, -0.25) is 14.4 Å². The molecule has 12 nitrogen and oxygen atoms in total. The topological polar surface area (TPSA) is 175 Å². The van der Waals surface area contributed by atoms with E-state index in [2.05, 4.69) is 69.4 Å². The Labute approximate surface area is 418 Å². The van der Waals surface area contributed by atoms with Crippen molar-refractivity contribution in [3.8, 4) is 0 Å². The lowest BCUT2D eigenvalue weighted by Gasteiger charge is -2.40. The SMILES string of the molecule is CC/C=C\C/C=C\C/C=C\CCCCCCCC(=O)OCC(COC1OC(C(=O)O)C(O)C(O)C1OC(=O)CCCCCCC/C=C\CCCCCC)OC(=O)CCCCCCCCCCCCC. The third-order valence-electron chi connectivity index (χ3n) is 12.4. The molecular formula is C57H98O12. The highest BCUT2D eigenvalue weighted by molar-refractivity contribution is 5.74. The van der Waals surface area contributed by atoms with Crippen molar-refractivity contribution in [3.63, 3.8) is 0 Å². The summed E-state index contributed by atoms with van der Waals surface area (Å²) < 4.78 is 28.3. The summed E-state index contributed by atoms with van der Waals surface area (Å²) in [5.74, 6) is -3.14. The van der Waals surface area contributed by atoms with E-state index in [0.29, 0.717) is 19.3 Å². The number of carboxylic acids is 1. The lowest BCUT2D eigenvalue weighted by atomic mass is 9.98. The number of ether oxygens (including phenoxy) is 5. The van der Waals surface area contributed by atoms with E-state index in [1.165, 1.54) is 70.6 Å². The first-order valence-electron chi connectivity index (χ1n) is 27.6. The van der Waals surface area contributed by atoms with Gasteiger partial charge >= 0.3 is 23.9 Å². The summed E-state index contributed by atoms with van der Waals surface area (Å²) >= 11 is 0. The maximum atomic E-state index is 13.1. The Morgan fingerprint density at radius 1 is 0.493 bits per heavy atom. The van der Waals surface area contributed by atoms with E-state index in [4.69, 9.17) is 23.7 Å². The monoisotopic (exact) mass is 975 g/mol. The summed E-state index contributed by atoms with van der Waals surface area (Å²) in [5, 5.41) is 31.4. The second-order valence-electron chi connectivity index (χ2n) is 18.8. The van der Waals surface area contributed by atoms with Crippen molar-refractivity contribution in [2.75, 3.05) is 13.2 Å². The molecule has 398 valence electrons. The van der Waals surface area contributed by atoms with Crippen molar-refractivity contribution in [3.05, 3.63) is 48.6 Å². The van der Waals surface area contributed by atoms with Crippen LogP contribution in [0.1, 0.15) is 239 Å². The Hall–Kier alpha value is -3.32. The van der Waals surface area contributed by atoms with Gasteiger partial charge in [0.05, 0.1) is 6.61 Å². The minimum absolute atomic E-state index is 0.0500. The van der Waals surface area contributed by atoms with Gasteiger partial charge in [0.25, 0.3) is 0 Å². The number of aliphatic hydroxyl groups excluding tert-OH is 2. The van der Waals surface area contributed by atoms with Gasteiger partial charge in [0.2, 0.25) is 0 Å². The Bertz CT molecular complexity index is 1390. The van der Waals surface area contributed by atoms with E-state index in [0.717, 1.165) is 109 Å². The molecule has 6 unspecified atom stereocenters. The van der Waals surface area contributed by atoms with Crippen LogP contribution < -0.4 is 0 Å². The van der Waals surface area contributed by atoms with Gasteiger partial charge in [-0.1, -0.05) is 191 Å². The third kappa shape index (κ3) is 36.3. The van der Waals surface area contributed by atoms with Crippen molar-refractivity contribution < 1.29 is 58.2 Å². The molecule has 0 saturated carbocycles. The lowest BCUT2D eigenvalue weighted by Crippen LogP contribution is -2.61. The van der Waals surface area contributed by atoms with Crippen LogP contribution in [0.5, 0.6) is 0 Å². The number of allylic oxidation sites excluding steroid dienone is 8. The minimum atomic E-state index is -1.90. The fourth-order valence-electron chi connectivity index (χ4n) is 8.14. The quantitative estimate of drug-likeness (QED) is 0.0228. The number of aliphatic hydroxyl groups is 2. The standard InChI is InChI=1S/C57H98O12/c1-4-7-10-13-16-19-22-24-25-27-29-31-34-37-40-43-49(58)65-46-48(67-50(59)44-41-38-35-32-28-21-18-15-12-9-6-3)47-66-57-55(53(62)52(61)54(69-57)56(63)64)68-51(60)45-42-39-36-33-30-26-23-20-17-14-11-8-5-2/h7,10,16,19-20,23-25,48,52-55,57,61-62H,4-6,8-9,11-15,17-18,21-22,26-47H2,1-3H3,(H,63,64)/b10-7-,19-16-,23-20-,25-24-. The van der Waals surface area contributed by atoms with E-state index in [1.54, 1.807) is 0 Å². The normalized spacial score (nSPS) is 19.0. The fourth-order valence-corrected chi connectivity index (χ4v) is 8.14. The number of hydrogen-bond donors (Lipinski definition) is 3. The van der Waals surface area contributed by atoms with E-state index in [1.807, 2.05) is 0 Å². The number of rotatable bonds is 46. The number of carbonyl (C=O) groups is 4. The first-order valence-corrected chi connectivity index (χ1v) is 27.6. The fraction of sp³-hybridized carbons (Fsp3) is 0.789. The van der Waals surface area contributed by atoms with Gasteiger partial charge in [-0.05, 0) is 77.0 Å². The van der Waals surface area contributed by atoms with Gasteiger partial charge in [-0.15, -0.1) is 0 Å². The highest BCUT2D eigenvalue weighted by Crippen LogP contribution is 2.26. The van der Waals surface area contributed by atoms with Gasteiger partial charge < -0.3 is 39.0 Å². The van der Waals surface area contributed by atoms with Crippen molar-refractivity contribution in [1.29, 1.82) is 0 Å². The number of aliphatic carboxylic acids is 1.